The number of carbonyl (C=O) groups excluding carboxylic acids is 1. The highest BCUT2D eigenvalue weighted by Gasteiger charge is 2.37. The number of rotatable bonds is 7. The summed E-state index contributed by atoms with van der Waals surface area (Å²) in [5.74, 6) is 0.0109. The van der Waals surface area contributed by atoms with E-state index in [0.29, 0.717) is 31.4 Å². The number of carbonyl (C=O) groups is 1. The smallest absolute Gasteiger partial charge is 0.338 e. The van der Waals surface area contributed by atoms with Crippen LogP contribution in [0.2, 0.25) is 5.02 Å². The average Bonchev–Trinajstić information content (AvgIpc) is 3.57. The van der Waals surface area contributed by atoms with Crippen molar-refractivity contribution in [3.63, 3.8) is 0 Å². The lowest BCUT2D eigenvalue weighted by Crippen LogP contribution is -2.40. The van der Waals surface area contributed by atoms with Gasteiger partial charge in [-0.1, -0.05) is 83.6 Å². The molecule has 9 heteroatoms. The average molecular weight is 674 g/mol. The second kappa shape index (κ2) is 12.8. The molecule has 3 heterocycles. The molecule has 1 aliphatic rings. The molecule has 0 unspecified atom stereocenters. The predicted molar refractivity (Wildman–Crippen MR) is 192 cm³/mol. The van der Waals surface area contributed by atoms with Crippen molar-refractivity contribution in [2.24, 2.45) is 4.99 Å². The molecule has 0 bridgehead atoms. The fourth-order valence-electron chi connectivity index (χ4n) is 6.51. The van der Waals surface area contributed by atoms with Crippen molar-refractivity contribution in [2.45, 2.75) is 26.8 Å². The van der Waals surface area contributed by atoms with Crippen LogP contribution >= 0.6 is 22.9 Å². The monoisotopic (exact) mass is 673 g/mol. The minimum atomic E-state index is -0.875. The largest absolute Gasteiger partial charge is 0.496 e. The number of thiazole rings is 1. The SMILES string of the molecule is CCOC(=O)C1=C(c2ccccc2)N=c2s/c(=C\c3cc(C)n(-c4ccc(Cl)cc4)c3C)c(=O)n2[C@@H]1c1c(OC)ccc2ccccc12. The van der Waals surface area contributed by atoms with Gasteiger partial charge in [-0.15, -0.1) is 0 Å². The molecule has 240 valence electrons. The van der Waals surface area contributed by atoms with Crippen LogP contribution in [-0.2, 0) is 9.53 Å². The number of hydrogen-bond acceptors (Lipinski definition) is 6. The maximum atomic E-state index is 14.7. The molecule has 2 aromatic heterocycles. The second-order valence-corrected chi connectivity index (χ2v) is 12.9. The molecule has 1 aliphatic heterocycles. The number of methoxy groups -OCH3 is 1. The molecule has 48 heavy (non-hydrogen) atoms. The molecule has 0 saturated heterocycles. The number of hydrogen-bond donors (Lipinski definition) is 0. The summed E-state index contributed by atoms with van der Waals surface area (Å²) in [6.07, 6.45) is 1.91. The summed E-state index contributed by atoms with van der Waals surface area (Å²) < 4.78 is 15.9. The van der Waals surface area contributed by atoms with Gasteiger partial charge in [-0.05, 0) is 79.6 Å². The molecule has 0 radical (unpaired) electrons. The third-order valence-corrected chi connectivity index (χ3v) is 9.87. The zero-order valence-corrected chi connectivity index (χ0v) is 28.4. The van der Waals surface area contributed by atoms with Crippen LogP contribution in [0.4, 0.5) is 0 Å². The summed E-state index contributed by atoms with van der Waals surface area (Å²) in [6.45, 7) is 5.99. The van der Waals surface area contributed by atoms with Gasteiger partial charge in [-0.25, -0.2) is 9.79 Å². The van der Waals surface area contributed by atoms with Gasteiger partial charge in [0.15, 0.2) is 4.80 Å². The van der Waals surface area contributed by atoms with Crippen LogP contribution in [0.15, 0.2) is 112 Å². The number of benzene rings is 4. The number of aryl methyl sites for hydroxylation is 1. The zero-order valence-electron chi connectivity index (χ0n) is 26.9. The third kappa shape index (κ3) is 5.37. The highest BCUT2D eigenvalue weighted by molar-refractivity contribution is 7.07. The quantitative estimate of drug-likeness (QED) is 0.169. The van der Waals surface area contributed by atoms with E-state index in [1.165, 1.54) is 11.3 Å². The van der Waals surface area contributed by atoms with E-state index in [1.807, 2.05) is 111 Å². The summed E-state index contributed by atoms with van der Waals surface area (Å²) >= 11 is 7.46. The number of halogens is 1. The van der Waals surface area contributed by atoms with Crippen LogP contribution in [0.1, 0.15) is 41.0 Å². The van der Waals surface area contributed by atoms with E-state index < -0.39 is 12.0 Å². The van der Waals surface area contributed by atoms with Gasteiger partial charge in [-0.2, -0.15) is 0 Å². The second-order valence-electron chi connectivity index (χ2n) is 11.5. The Morgan fingerprint density at radius 1 is 0.979 bits per heavy atom. The lowest BCUT2D eigenvalue weighted by Gasteiger charge is -2.28. The number of ether oxygens (including phenoxy) is 2. The van der Waals surface area contributed by atoms with E-state index in [9.17, 15) is 9.59 Å². The number of esters is 1. The molecular weight excluding hydrogens is 642 g/mol. The first-order chi connectivity index (χ1) is 23.3. The molecule has 0 amide bonds. The number of fused-ring (bicyclic) bond motifs is 2. The molecule has 0 N–H and O–H groups in total. The van der Waals surface area contributed by atoms with Crippen LogP contribution in [0.5, 0.6) is 5.75 Å². The Morgan fingerprint density at radius 2 is 1.71 bits per heavy atom. The summed E-state index contributed by atoms with van der Waals surface area (Å²) in [5.41, 5.74) is 5.78. The van der Waals surface area contributed by atoms with Gasteiger partial charge >= 0.3 is 5.97 Å². The van der Waals surface area contributed by atoms with Crippen molar-refractivity contribution in [1.82, 2.24) is 9.13 Å². The third-order valence-electron chi connectivity index (χ3n) is 8.64. The van der Waals surface area contributed by atoms with Crippen molar-refractivity contribution in [3.05, 3.63) is 155 Å². The van der Waals surface area contributed by atoms with E-state index >= 15 is 0 Å². The first-order valence-corrected chi connectivity index (χ1v) is 16.8. The normalized spacial score (nSPS) is 14.6. The Balaban J connectivity index is 1.54. The summed E-state index contributed by atoms with van der Waals surface area (Å²) in [4.78, 5) is 34.2. The molecule has 4 aromatic carbocycles. The predicted octanol–water partition coefficient (Wildman–Crippen LogP) is 7.16. The van der Waals surface area contributed by atoms with E-state index in [0.717, 1.165) is 39.0 Å². The number of nitrogens with zero attached hydrogens (tertiary/aromatic N) is 3. The van der Waals surface area contributed by atoms with Gasteiger partial charge < -0.3 is 14.0 Å². The lowest BCUT2D eigenvalue weighted by molar-refractivity contribution is -0.138. The van der Waals surface area contributed by atoms with Crippen LogP contribution in [0.3, 0.4) is 0 Å². The van der Waals surface area contributed by atoms with Gasteiger partial charge in [0.2, 0.25) is 0 Å². The van der Waals surface area contributed by atoms with Gasteiger partial charge in [0.05, 0.1) is 29.5 Å². The minimum absolute atomic E-state index is 0.164. The highest BCUT2D eigenvalue weighted by Crippen LogP contribution is 2.42. The maximum absolute atomic E-state index is 14.7. The first kappa shape index (κ1) is 31.4. The van der Waals surface area contributed by atoms with Crippen LogP contribution in [-0.4, -0.2) is 28.8 Å². The topological polar surface area (TPSA) is 74.8 Å². The minimum Gasteiger partial charge on any atom is -0.496 e. The van der Waals surface area contributed by atoms with Crippen LogP contribution in [0, 0.1) is 13.8 Å². The van der Waals surface area contributed by atoms with Gasteiger partial charge in [-0.3, -0.25) is 9.36 Å². The highest BCUT2D eigenvalue weighted by atomic mass is 35.5. The van der Waals surface area contributed by atoms with Crippen molar-refractivity contribution < 1.29 is 14.3 Å². The maximum Gasteiger partial charge on any atom is 0.338 e. The Morgan fingerprint density at radius 3 is 2.44 bits per heavy atom. The summed E-state index contributed by atoms with van der Waals surface area (Å²) in [7, 11) is 1.60. The van der Waals surface area contributed by atoms with Crippen LogP contribution < -0.4 is 19.6 Å². The van der Waals surface area contributed by atoms with Gasteiger partial charge in [0.1, 0.15) is 11.8 Å². The molecule has 0 fully saturated rings. The summed E-state index contributed by atoms with van der Waals surface area (Å²) in [6, 6.07) is 30.1. The Hall–Kier alpha value is -5.18. The molecule has 7 rings (SSSR count). The van der Waals surface area contributed by atoms with E-state index in [-0.39, 0.29) is 17.7 Å². The zero-order chi connectivity index (χ0) is 33.5. The Kier molecular flexibility index (Phi) is 8.37. The van der Waals surface area contributed by atoms with Crippen molar-refractivity contribution in [2.75, 3.05) is 13.7 Å². The van der Waals surface area contributed by atoms with Gasteiger partial charge in [0.25, 0.3) is 5.56 Å². The fraction of sp³-hybridized carbons (Fsp3) is 0.154. The molecule has 0 aliphatic carbocycles. The standard InChI is InChI=1S/C39H32ClN3O4S/c1-5-47-38(45)34-35(26-12-7-6-8-13-26)41-39-43(36(34)33-30-14-10-9-11-25(30)15-20-31(33)46-4)37(44)32(48-39)22-27-21-23(2)42(24(27)3)29-18-16-28(40)17-19-29/h6-22,36H,5H2,1-4H3/b32-22-/t36-/m1/s1. The molecule has 1 atom stereocenters. The number of aromatic nitrogens is 2. The van der Waals surface area contributed by atoms with E-state index in [2.05, 4.69) is 10.6 Å². The first-order valence-electron chi connectivity index (χ1n) is 15.6. The van der Waals surface area contributed by atoms with Crippen LogP contribution in [0.25, 0.3) is 28.2 Å². The molecule has 7 nitrogen and oxygen atoms in total. The van der Waals surface area contributed by atoms with Crippen molar-refractivity contribution >= 4 is 51.5 Å². The fourth-order valence-corrected chi connectivity index (χ4v) is 7.63. The molecule has 6 aromatic rings. The van der Waals surface area contributed by atoms with Gasteiger partial charge in [0, 0.05) is 33.2 Å². The Bertz CT molecular complexity index is 2420. The van der Waals surface area contributed by atoms with E-state index in [4.69, 9.17) is 26.1 Å². The van der Waals surface area contributed by atoms with Crippen molar-refractivity contribution in [1.29, 1.82) is 0 Å². The van der Waals surface area contributed by atoms with E-state index in [1.54, 1.807) is 18.6 Å². The Labute approximate surface area is 286 Å². The molecular formula is C39H32ClN3O4S. The van der Waals surface area contributed by atoms with Crippen molar-refractivity contribution in [3.8, 4) is 11.4 Å². The molecule has 0 spiro atoms. The lowest BCUT2D eigenvalue weighted by atomic mass is 9.89. The summed E-state index contributed by atoms with van der Waals surface area (Å²) in [5, 5.41) is 2.47. The molecule has 0 saturated carbocycles.